The molecule has 1 aliphatic heterocycles. The van der Waals surface area contributed by atoms with E-state index in [0.717, 1.165) is 23.2 Å². The van der Waals surface area contributed by atoms with Crippen LogP contribution in [0.2, 0.25) is 0 Å². The number of amides is 3. The van der Waals surface area contributed by atoms with Crippen molar-refractivity contribution in [1.29, 1.82) is 0 Å². The van der Waals surface area contributed by atoms with Gasteiger partial charge in [0.2, 0.25) is 0 Å². The molecule has 0 aromatic heterocycles. The number of methoxy groups -OCH3 is 2. The maximum atomic E-state index is 12.9. The molecule has 3 aromatic carbocycles. The Balaban J connectivity index is 1.43. The average Bonchev–Trinajstić information content (AvgIpc) is 3.26. The van der Waals surface area contributed by atoms with Crippen molar-refractivity contribution < 1.29 is 19.1 Å². The number of ether oxygens (including phenoxy) is 2. The predicted molar refractivity (Wildman–Crippen MR) is 124 cm³/mol. The van der Waals surface area contributed by atoms with E-state index in [2.05, 4.69) is 10.6 Å². The lowest BCUT2D eigenvalue weighted by atomic mass is 10.1. The zero-order valence-corrected chi connectivity index (χ0v) is 18.1. The van der Waals surface area contributed by atoms with Crippen LogP contribution in [-0.4, -0.2) is 32.7 Å². The summed E-state index contributed by atoms with van der Waals surface area (Å²) in [6.45, 7) is 0.967. The molecule has 0 unspecified atom stereocenters. The number of nitrogens with zero attached hydrogens (tertiary/aromatic N) is 1. The van der Waals surface area contributed by atoms with E-state index in [9.17, 15) is 9.59 Å². The maximum absolute atomic E-state index is 12.9. The molecule has 164 valence electrons. The van der Waals surface area contributed by atoms with Crippen molar-refractivity contribution in [3.8, 4) is 11.5 Å². The summed E-state index contributed by atoms with van der Waals surface area (Å²) in [6, 6.07) is 20.0. The molecule has 3 aromatic rings. The molecule has 0 radical (unpaired) electrons. The summed E-state index contributed by atoms with van der Waals surface area (Å²) >= 11 is 0. The third-order valence-corrected chi connectivity index (χ3v) is 5.42. The van der Waals surface area contributed by atoms with Crippen LogP contribution in [0, 0.1) is 0 Å². The van der Waals surface area contributed by atoms with Crippen molar-refractivity contribution in [2.45, 2.75) is 13.0 Å². The van der Waals surface area contributed by atoms with Gasteiger partial charge in [-0.25, -0.2) is 4.79 Å². The second-order valence-electron chi connectivity index (χ2n) is 7.41. The first-order chi connectivity index (χ1) is 15.6. The molecule has 0 bridgehead atoms. The summed E-state index contributed by atoms with van der Waals surface area (Å²) in [4.78, 5) is 27.2. The largest absolute Gasteiger partial charge is 0.497 e. The van der Waals surface area contributed by atoms with Crippen molar-refractivity contribution in [3.63, 3.8) is 0 Å². The Morgan fingerprint density at radius 1 is 0.969 bits per heavy atom. The van der Waals surface area contributed by atoms with Crippen LogP contribution in [-0.2, 0) is 13.0 Å². The highest BCUT2D eigenvalue weighted by atomic mass is 16.5. The normalized spacial score (nSPS) is 12.1. The van der Waals surface area contributed by atoms with Crippen LogP contribution in [0.1, 0.15) is 21.5 Å². The van der Waals surface area contributed by atoms with Crippen molar-refractivity contribution in [2.24, 2.45) is 0 Å². The number of nitrogens with one attached hydrogen (secondary N) is 2. The number of carbonyl (C=O) groups is 2. The molecule has 7 nitrogen and oxygen atoms in total. The van der Waals surface area contributed by atoms with Gasteiger partial charge in [0.1, 0.15) is 11.5 Å². The first-order valence-corrected chi connectivity index (χ1v) is 10.3. The number of anilines is 2. The summed E-state index contributed by atoms with van der Waals surface area (Å²) in [6.07, 6.45) is 0.817. The monoisotopic (exact) mass is 431 g/mol. The van der Waals surface area contributed by atoms with Gasteiger partial charge in [0.25, 0.3) is 5.91 Å². The topological polar surface area (TPSA) is 79.9 Å². The molecule has 0 spiro atoms. The second kappa shape index (κ2) is 9.43. The lowest BCUT2D eigenvalue weighted by molar-refractivity contribution is 0.0989. The Morgan fingerprint density at radius 3 is 2.53 bits per heavy atom. The zero-order valence-electron chi connectivity index (χ0n) is 18.1. The molecular formula is C25H25N3O4. The van der Waals surface area contributed by atoms with Gasteiger partial charge >= 0.3 is 6.03 Å². The summed E-state index contributed by atoms with van der Waals surface area (Å²) in [7, 11) is 3.10. The van der Waals surface area contributed by atoms with Gasteiger partial charge in [-0.1, -0.05) is 30.3 Å². The molecular weight excluding hydrogens is 406 g/mol. The standard InChI is InChI=1S/C25H25N3O4/c1-31-20-10-11-23(32-2)21(15-20)27-25(30)26-16-17-8-9-18-12-13-28(22(18)14-17)24(29)19-6-4-3-5-7-19/h3-11,14-15H,12-13,16H2,1-2H3,(H2,26,27,30). The minimum atomic E-state index is -0.366. The van der Waals surface area contributed by atoms with Gasteiger partial charge in [-0.05, 0) is 47.9 Å². The van der Waals surface area contributed by atoms with Crippen LogP contribution in [0.3, 0.4) is 0 Å². The van der Waals surface area contributed by atoms with Crippen molar-refractivity contribution in [3.05, 3.63) is 83.4 Å². The Bertz CT molecular complexity index is 1130. The third-order valence-electron chi connectivity index (χ3n) is 5.42. The van der Waals surface area contributed by atoms with Crippen LogP contribution < -0.4 is 25.0 Å². The number of urea groups is 1. The first-order valence-electron chi connectivity index (χ1n) is 10.3. The highest BCUT2D eigenvalue weighted by molar-refractivity contribution is 6.07. The summed E-state index contributed by atoms with van der Waals surface area (Å²) in [5.41, 5.74) is 4.11. The van der Waals surface area contributed by atoms with E-state index in [-0.39, 0.29) is 11.9 Å². The first kappa shape index (κ1) is 21.2. The maximum Gasteiger partial charge on any atom is 0.319 e. The molecule has 32 heavy (non-hydrogen) atoms. The molecule has 0 saturated carbocycles. The van der Waals surface area contributed by atoms with Gasteiger partial charge in [0.05, 0.1) is 19.9 Å². The molecule has 1 aliphatic rings. The quantitative estimate of drug-likeness (QED) is 0.612. The van der Waals surface area contributed by atoms with Crippen LogP contribution in [0.25, 0.3) is 0 Å². The van der Waals surface area contributed by atoms with Crippen LogP contribution in [0.5, 0.6) is 11.5 Å². The fourth-order valence-electron chi connectivity index (χ4n) is 3.74. The Labute approximate surface area is 187 Å². The highest BCUT2D eigenvalue weighted by Crippen LogP contribution is 2.31. The van der Waals surface area contributed by atoms with E-state index >= 15 is 0 Å². The van der Waals surface area contributed by atoms with E-state index in [4.69, 9.17) is 9.47 Å². The number of benzene rings is 3. The third kappa shape index (κ3) is 4.51. The smallest absolute Gasteiger partial charge is 0.319 e. The summed E-state index contributed by atoms with van der Waals surface area (Å²) < 4.78 is 10.5. The van der Waals surface area contributed by atoms with Gasteiger partial charge < -0.3 is 25.0 Å². The highest BCUT2D eigenvalue weighted by Gasteiger charge is 2.25. The van der Waals surface area contributed by atoms with Gasteiger partial charge in [-0.3, -0.25) is 4.79 Å². The summed E-state index contributed by atoms with van der Waals surface area (Å²) in [5, 5.41) is 5.64. The van der Waals surface area contributed by atoms with E-state index in [1.807, 2.05) is 48.5 Å². The van der Waals surface area contributed by atoms with Crippen molar-refractivity contribution in [2.75, 3.05) is 31.0 Å². The van der Waals surface area contributed by atoms with E-state index in [1.165, 1.54) is 7.11 Å². The zero-order chi connectivity index (χ0) is 22.5. The molecule has 4 rings (SSSR count). The number of hydrogen-bond donors (Lipinski definition) is 2. The minimum Gasteiger partial charge on any atom is -0.497 e. The molecule has 1 heterocycles. The molecule has 7 heteroatoms. The van der Waals surface area contributed by atoms with Crippen LogP contribution in [0.4, 0.5) is 16.2 Å². The molecule has 0 fully saturated rings. The number of hydrogen-bond acceptors (Lipinski definition) is 4. The van der Waals surface area contributed by atoms with Gasteiger partial charge in [0, 0.05) is 30.4 Å². The number of carbonyl (C=O) groups excluding carboxylic acids is 2. The van der Waals surface area contributed by atoms with Gasteiger partial charge in [-0.15, -0.1) is 0 Å². The molecule has 0 saturated heterocycles. The fraction of sp³-hybridized carbons (Fsp3) is 0.200. The van der Waals surface area contributed by atoms with Crippen molar-refractivity contribution >= 4 is 23.3 Å². The van der Waals surface area contributed by atoms with E-state index in [0.29, 0.717) is 35.8 Å². The van der Waals surface area contributed by atoms with Crippen LogP contribution in [0.15, 0.2) is 66.7 Å². The molecule has 0 atom stereocenters. The molecule has 3 amide bonds. The lowest BCUT2D eigenvalue weighted by Gasteiger charge is -2.18. The minimum absolute atomic E-state index is 0.0164. The fourth-order valence-corrected chi connectivity index (χ4v) is 3.74. The Morgan fingerprint density at radius 2 is 1.78 bits per heavy atom. The molecule has 2 N–H and O–H groups in total. The average molecular weight is 431 g/mol. The number of fused-ring (bicyclic) bond motifs is 1. The Hall–Kier alpha value is -4.00. The number of rotatable bonds is 6. The van der Waals surface area contributed by atoms with Crippen molar-refractivity contribution in [1.82, 2.24) is 5.32 Å². The summed E-state index contributed by atoms with van der Waals surface area (Å²) in [5.74, 6) is 1.13. The molecule has 0 aliphatic carbocycles. The predicted octanol–water partition coefficient (Wildman–Crippen LogP) is 4.23. The van der Waals surface area contributed by atoms with Gasteiger partial charge in [0.15, 0.2) is 0 Å². The van der Waals surface area contributed by atoms with E-state index < -0.39 is 0 Å². The van der Waals surface area contributed by atoms with E-state index in [1.54, 1.807) is 30.2 Å². The van der Waals surface area contributed by atoms with Gasteiger partial charge in [-0.2, -0.15) is 0 Å². The SMILES string of the molecule is COc1ccc(OC)c(NC(=O)NCc2ccc3c(c2)N(C(=O)c2ccccc2)CC3)c1. The second-order valence-corrected chi connectivity index (χ2v) is 7.41. The van der Waals surface area contributed by atoms with Crippen LogP contribution >= 0.6 is 0 Å². The lowest BCUT2D eigenvalue weighted by Crippen LogP contribution is -2.29. The Kier molecular flexibility index (Phi) is 6.26.